The van der Waals surface area contributed by atoms with Crippen LogP contribution < -0.4 is 5.32 Å². The fraction of sp³-hybridized carbons (Fsp3) is 0.231. The maximum atomic E-state index is 11.7. The van der Waals surface area contributed by atoms with Gasteiger partial charge in [0.1, 0.15) is 11.8 Å². The number of halogens is 1. The van der Waals surface area contributed by atoms with Crippen molar-refractivity contribution in [1.29, 1.82) is 0 Å². The molecule has 1 aromatic carbocycles. The van der Waals surface area contributed by atoms with Gasteiger partial charge in [0.05, 0.1) is 5.69 Å². The van der Waals surface area contributed by atoms with Gasteiger partial charge in [-0.25, -0.2) is 0 Å². The number of hydrogen-bond acceptors (Lipinski definition) is 3. The number of carbonyl (C=O) groups is 1. The Balaban J connectivity index is 1.86. The van der Waals surface area contributed by atoms with Crippen LogP contribution in [-0.4, -0.2) is 17.6 Å². The van der Waals surface area contributed by atoms with Crippen molar-refractivity contribution in [1.82, 2.24) is 10.5 Å². The van der Waals surface area contributed by atoms with E-state index in [0.717, 1.165) is 12.0 Å². The fourth-order valence-corrected chi connectivity index (χ4v) is 1.83. The van der Waals surface area contributed by atoms with Crippen LogP contribution in [0, 0.1) is 6.92 Å². The highest BCUT2D eigenvalue weighted by atomic mass is 35.5. The molecule has 18 heavy (non-hydrogen) atoms. The lowest BCUT2D eigenvalue weighted by molar-refractivity contribution is 0.0953. The Bertz CT molecular complexity index is 551. The third-order valence-electron chi connectivity index (χ3n) is 2.58. The van der Waals surface area contributed by atoms with Gasteiger partial charge in [0.2, 0.25) is 0 Å². The van der Waals surface area contributed by atoms with Crippen molar-refractivity contribution in [3.63, 3.8) is 0 Å². The lowest BCUT2D eigenvalue weighted by atomic mass is 10.1. The Morgan fingerprint density at radius 2 is 2.33 bits per heavy atom. The van der Waals surface area contributed by atoms with Crippen molar-refractivity contribution < 1.29 is 9.32 Å². The molecular formula is C13H13ClN2O2. The van der Waals surface area contributed by atoms with E-state index in [0.29, 0.717) is 22.8 Å². The van der Waals surface area contributed by atoms with Crippen LogP contribution in [0.5, 0.6) is 0 Å². The second-order valence-corrected chi connectivity index (χ2v) is 4.39. The topological polar surface area (TPSA) is 55.1 Å². The van der Waals surface area contributed by atoms with Crippen LogP contribution in [-0.2, 0) is 6.42 Å². The van der Waals surface area contributed by atoms with E-state index >= 15 is 0 Å². The van der Waals surface area contributed by atoms with E-state index in [2.05, 4.69) is 10.5 Å². The average molecular weight is 265 g/mol. The van der Waals surface area contributed by atoms with Crippen molar-refractivity contribution >= 4 is 17.5 Å². The van der Waals surface area contributed by atoms with E-state index in [9.17, 15) is 4.79 Å². The minimum Gasteiger partial charge on any atom is -0.364 e. The first-order chi connectivity index (χ1) is 8.66. The van der Waals surface area contributed by atoms with Crippen molar-refractivity contribution in [2.24, 2.45) is 0 Å². The summed E-state index contributed by atoms with van der Waals surface area (Å²) in [7, 11) is 0. The smallest absolute Gasteiger partial charge is 0.256 e. The zero-order valence-electron chi connectivity index (χ0n) is 9.94. The molecule has 1 heterocycles. The van der Waals surface area contributed by atoms with Gasteiger partial charge in [-0.1, -0.05) is 28.9 Å². The summed E-state index contributed by atoms with van der Waals surface area (Å²) >= 11 is 5.88. The molecule has 2 aromatic rings. The number of benzene rings is 1. The minimum atomic E-state index is -0.171. The summed E-state index contributed by atoms with van der Waals surface area (Å²) in [5.41, 5.74) is 2.15. The second-order valence-electron chi connectivity index (χ2n) is 3.95. The molecule has 1 N–H and O–H groups in total. The number of carbonyl (C=O) groups excluding carboxylic acids is 1. The summed E-state index contributed by atoms with van der Waals surface area (Å²) in [4.78, 5) is 11.7. The third kappa shape index (κ3) is 3.11. The van der Waals surface area contributed by atoms with Crippen molar-refractivity contribution in [2.45, 2.75) is 13.3 Å². The van der Waals surface area contributed by atoms with E-state index in [-0.39, 0.29) is 5.91 Å². The van der Waals surface area contributed by atoms with Gasteiger partial charge >= 0.3 is 0 Å². The van der Waals surface area contributed by atoms with Gasteiger partial charge in [-0.3, -0.25) is 4.79 Å². The average Bonchev–Trinajstić information content (AvgIpc) is 2.75. The van der Waals surface area contributed by atoms with Gasteiger partial charge in [-0.2, -0.15) is 0 Å². The highest BCUT2D eigenvalue weighted by Crippen LogP contribution is 2.11. The van der Waals surface area contributed by atoms with Gasteiger partial charge in [0, 0.05) is 11.6 Å². The van der Waals surface area contributed by atoms with Crippen LogP contribution in [0.15, 0.2) is 35.1 Å². The molecule has 1 aromatic heterocycles. The van der Waals surface area contributed by atoms with Gasteiger partial charge in [-0.05, 0) is 31.0 Å². The molecule has 0 aliphatic carbocycles. The van der Waals surface area contributed by atoms with Crippen LogP contribution in [0.2, 0.25) is 5.02 Å². The molecule has 1 amide bonds. The van der Waals surface area contributed by atoms with Crippen LogP contribution in [0.3, 0.4) is 0 Å². The standard InChI is InChI=1S/C13H13ClN2O2/c1-9-12(8-18-16-9)13(17)15-6-5-10-3-2-4-11(14)7-10/h2-4,7-8H,5-6H2,1H3,(H,15,17). The monoisotopic (exact) mass is 264 g/mol. The van der Waals surface area contributed by atoms with E-state index in [1.54, 1.807) is 6.92 Å². The summed E-state index contributed by atoms with van der Waals surface area (Å²) in [6.45, 7) is 2.28. The summed E-state index contributed by atoms with van der Waals surface area (Å²) in [6, 6.07) is 7.58. The molecule has 94 valence electrons. The normalized spacial score (nSPS) is 10.3. The largest absolute Gasteiger partial charge is 0.364 e. The molecule has 0 spiro atoms. The highest BCUT2D eigenvalue weighted by Gasteiger charge is 2.11. The maximum absolute atomic E-state index is 11.7. The molecule has 0 aliphatic rings. The Hall–Kier alpha value is -1.81. The Kier molecular flexibility index (Phi) is 3.99. The highest BCUT2D eigenvalue weighted by molar-refractivity contribution is 6.30. The minimum absolute atomic E-state index is 0.171. The number of nitrogens with zero attached hydrogens (tertiary/aromatic N) is 1. The predicted octanol–water partition coefficient (Wildman–Crippen LogP) is 2.61. The molecular weight excluding hydrogens is 252 g/mol. The van der Waals surface area contributed by atoms with Gasteiger partial charge in [0.25, 0.3) is 5.91 Å². The van der Waals surface area contributed by atoms with Gasteiger partial charge in [0.15, 0.2) is 0 Å². The molecule has 5 heteroatoms. The summed E-state index contributed by atoms with van der Waals surface area (Å²) in [5.74, 6) is -0.171. The molecule has 0 unspecified atom stereocenters. The molecule has 0 radical (unpaired) electrons. The Morgan fingerprint density at radius 1 is 1.50 bits per heavy atom. The van der Waals surface area contributed by atoms with E-state index in [1.165, 1.54) is 6.26 Å². The lowest BCUT2D eigenvalue weighted by Crippen LogP contribution is -2.25. The SMILES string of the molecule is Cc1nocc1C(=O)NCCc1cccc(Cl)c1. The van der Waals surface area contributed by atoms with Crippen LogP contribution in [0.4, 0.5) is 0 Å². The number of nitrogens with one attached hydrogen (secondary N) is 1. The third-order valence-corrected chi connectivity index (χ3v) is 2.82. The van der Waals surface area contributed by atoms with Crippen molar-refractivity contribution in [3.05, 3.63) is 52.4 Å². The molecule has 0 aliphatic heterocycles. The maximum Gasteiger partial charge on any atom is 0.256 e. The fourth-order valence-electron chi connectivity index (χ4n) is 1.62. The summed E-state index contributed by atoms with van der Waals surface area (Å²) < 4.78 is 4.72. The second kappa shape index (κ2) is 5.69. The van der Waals surface area contributed by atoms with Crippen molar-refractivity contribution in [3.8, 4) is 0 Å². The van der Waals surface area contributed by atoms with Crippen LogP contribution in [0.25, 0.3) is 0 Å². The van der Waals surface area contributed by atoms with Crippen molar-refractivity contribution in [2.75, 3.05) is 6.54 Å². The zero-order chi connectivity index (χ0) is 13.0. The lowest BCUT2D eigenvalue weighted by Gasteiger charge is -2.04. The quantitative estimate of drug-likeness (QED) is 0.924. The molecule has 2 rings (SSSR count). The van der Waals surface area contributed by atoms with Crippen LogP contribution >= 0.6 is 11.6 Å². The number of aromatic nitrogens is 1. The molecule has 4 nitrogen and oxygen atoms in total. The first-order valence-electron chi connectivity index (χ1n) is 5.60. The first kappa shape index (κ1) is 12.6. The Morgan fingerprint density at radius 3 is 3.00 bits per heavy atom. The molecule has 0 bridgehead atoms. The summed E-state index contributed by atoms with van der Waals surface area (Å²) in [5, 5.41) is 7.18. The van der Waals surface area contributed by atoms with E-state index in [4.69, 9.17) is 16.1 Å². The summed E-state index contributed by atoms with van der Waals surface area (Å²) in [6.07, 6.45) is 2.08. The van der Waals surface area contributed by atoms with E-state index in [1.807, 2.05) is 24.3 Å². The predicted molar refractivity (Wildman–Crippen MR) is 68.7 cm³/mol. The van der Waals surface area contributed by atoms with Crippen LogP contribution in [0.1, 0.15) is 21.6 Å². The zero-order valence-corrected chi connectivity index (χ0v) is 10.7. The number of hydrogen-bond donors (Lipinski definition) is 1. The number of amides is 1. The Labute approximate surface area is 110 Å². The van der Waals surface area contributed by atoms with E-state index < -0.39 is 0 Å². The number of aryl methyl sites for hydroxylation is 1. The number of rotatable bonds is 4. The molecule has 0 saturated carbocycles. The van der Waals surface area contributed by atoms with Gasteiger partial charge < -0.3 is 9.84 Å². The van der Waals surface area contributed by atoms with Gasteiger partial charge in [-0.15, -0.1) is 0 Å². The molecule has 0 atom stereocenters. The molecule has 0 saturated heterocycles. The molecule has 0 fully saturated rings. The first-order valence-corrected chi connectivity index (χ1v) is 5.98.